The fourth-order valence-electron chi connectivity index (χ4n) is 2.57. The zero-order chi connectivity index (χ0) is 21.7. The summed E-state index contributed by atoms with van der Waals surface area (Å²) in [4.78, 5) is 22.6. The first-order chi connectivity index (χ1) is 14.4. The number of fused-ring (bicyclic) bond motifs is 1. The molecule has 0 fully saturated rings. The van der Waals surface area contributed by atoms with E-state index in [1.165, 1.54) is 37.6 Å². The van der Waals surface area contributed by atoms with E-state index in [0.717, 1.165) is 3.57 Å². The average molecular weight is 521 g/mol. The summed E-state index contributed by atoms with van der Waals surface area (Å²) in [6.45, 7) is 3.96. The normalized spacial score (nSPS) is 10.9. The van der Waals surface area contributed by atoms with Crippen molar-refractivity contribution >= 4 is 51.4 Å². The third-order valence-corrected chi connectivity index (χ3v) is 4.71. The van der Waals surface area contributed by atoms with Crippen molar-refractivity contribution < 1.29 is 23.6 Å². The molecular weight excluding hydrogens is 505 g/mol. The van der Waals surface area contributed by atoms with Crippen LogP contribution in [-0.2, 0) is 0 Å². The maximum absolute atomic E-state index is 12.3. The van der Waals surface area contributed by atoms with Crippen LogP contribution in [0.15, 0.2) is 58.6 Å². The Balaban J connectivity index is 1.74. The second-order valence-corrected chi connectivity index (χ2v) is 7.08. The molecule has 3 rings (SSSR count). The average Bonchev–Trinajstić information content (AvgIpc) is 3.16. The number of nitrogens with one attached hydrogen (secondary N) is 1. The van der Waals surface area contributed by atoms with Crippen LogP contribution in [-0.4, -0.2) is 30.8 Å². The number of benzene rings is 2. The van der Waals surface area contributed by atoms with Crippen LogP contribution in [0.1, 0.15) is 16.1 Å². The molecule has 30 heavy (non-hydrogen) atoms. The summed E-state index contributed by atoms with van der Waals surface area (Å²) in [7, 11) is 1.53. The molecule has 3 aromatic rings. The van der Waals surface area contributed by atoms with Crippen molar-refractivity contribution in [3.63, 3.8) is 0 Å². The van der Waals surface area contributed by atoms with Gasteiger partial charge >= 0.3 is 5.91 Å². The maximum Gasteiger partial charge on any atom is 0.307 e. The Labute approximate surface area is 184 Å². The number of carbonyl (C=O) groups excluding carboxylic acids is 1. The number of nitrogens with zero attached hydrogens (tertiary/aromatic N) is 2. The van der Waals surface area contributed by atoms with E-state index in [4.69, 9.17) is 13.9 Å². The minimum Gasteiger partial charge on any atom is -0.493 e. The molecule has 2 aromatic carbocycles. The van der Waals surface area contributed by atoms with Crippen LogP contribution in [0.4, 0.5) is 5.69 Å². The highest BCUT2D eigenvalue weighted by Crippen LogP contribution is 2.33. The Morgan fingerprint density at radius 3 is 2.87 bits per heavy atom. The number of amides is 1. The molecule has 0 bridgehead atoms. The number of carbonyl (C=O) groups is 1. The van der Waals surface area contributed by atoms with Gasteiger partial charge in [0, 0.05) is 17.5 Å². The molecule has 1 aromatic heterocycles. The van der Waals surface area contributed by atoms with Crippen molar-refractivity contribution in [3.05, 3.63) is 74.1 Å². The van der Waals surface area contributed by atoms with Crippen molar-refractivity contribution in [3.8, 4) is 11.5 Å². The summed E-state index contributed by atoms with van der Waals surface area (Å²) in [6.07, 6.45) is 3.09. The van der Waals surface area contributed by atoms with E-state index in [0.29, 0.717) is 34.6 Å². The molecular formula is C20H16IN3O6. The molecule has 1 heterocycles. The highest BCUT2D eigenvalue weighted by atomic mass is 127. The lowest BCUT2D eigenvalue weighted by atomic mass is 10.2. The second kappa shape index (κ2) is 9.39. The predicted molar refractivity (Wildman–Crippen MR) is 119 cm³/mol. The fraction of sp³-hybridized carbons (Fsp3) is 0.100. The molecule has 9 nitrogen and oxygen atoms in total. The molecule has 0 radical (unpaired) electrons. The summed E-state index contributed by atoms with van der Waals surface area (Å²) in [6, 6.07) is 9.04. The number of nitro benzene ring substituents is 1. The van der Waals surface area contributed by atoms with E-state index >= 15 is 0 Å². The van der Waals surface area contributed by atoms with E-state index in [-0.39, 0.29) is 11.4 Å². The van der Waals surface area contributed by atoms with Gasteiger partial charge in [-0.2, -0.15) is 5.10 Å². The van der Waals surface area contributed by atoms with E-state index in [1.807, 2.05) is 6.07 Å². The maximum atomic E-state index is 12.3. The summed E-state index contributed by atoms with van der Waals surface area (Å²) in [5.41, 5.74) is 3.33. The smallest absolute Gasteiger partial charge is 0.307 e. The first kappa shape index (κ1) is 21.3. The molecule has 1 amide bonds. The van der Waals surface area contributed by atoms with Crippen LogP contribution >= 0.6 is 22.6 Å². The Hall–Kier alpha value is -3.41. The van der Waals surface area contributed by atoms with E-state index in [2.05, 4.69) is 39.7 Å². The third kappa shape index (κ3) is 4.76. The van der Waals surface area contributed by atoms with Gasteiger partial charge in [0.25, 0.3) is 5.69 Å². The number of halogens is 1. The lowest BCUT2D eigenvalue weighted by Gasteiger charge is -2.12. The summed E-state index contributed by atoms with van der Waals surface area (Å²) >= 11 is 2.11. The van der Waals surface area contributed by atoms with Gasteiger partial charge < -0.3 is 13.9 Å². The van der Waals surface area contributed by atoms with Crippen molar-refractivity contribution in [2.75, 3.05) is 13.7 Å². The Kier molecular flexibility index (Phi) is 6.67. The zero-order valence-electron chi connectivity index (χ0n) is 15.8. The van der Waals surface area contributed by atoms with Crippen LogP contribution in [0, 0.1) is 13.7 Å². The van der Waals surface area contributed by atoms with Crippen LogP contribution in [0.2, 0.25) is 0 Å². The van der Waals surface area contributed by atoms with Gasteiger partial charge in [-0.05, 0) is 52.4 Å². The number of rotatable bonds is 8. The third-order valence-electron chi connectivity index (χ3n) is 3.91. The largest absolute Gasteiger partial charge is 0.493 e. The number of hydrogen-bond acceptors (Lipinski definition) is 7. The van der Waals surface area contributed by atoms with E-state index in [1.54, 1.807) is 12.1 Å². The highest BCUT2D eigenvalue weighted by molar-refractivity contribution is 14.1. The summed E-state index contributed by atoms with van der Waals surface area (Å²) in [5, 5.41) is 15.2. The number of non-ortho nitro benzene ring substituents is 1. The van der Waals surface area contributed by atoms with Gasteiger partial charge in [0.1, 0.15) is 12.2 Å². The van der Waals surface area contributed by atoms with Crippen LogP contribution < -0.4 is 14.9 Å². The zero-order valence-corrected chi connectivity index (χ0v) is 17.9. The first-order valence-electron chi connectivity index (χ1n) is 8.55. The van der Waals surface area contributed by atoms with Gasteiger partial charge in [-0.25, -0.2) is 5.43 Å². The van der Waals surface area contributed by atoms with Gasteiger partial charge in [-0.1, -0.05) is 12.7 Å². The molecule has 0 aliphatic rings. The monoisotopic (exact) mass is 521 g/mol. The van der Waals surface area contributed by atoms with Gasteiger partial charge in [-0.3, -0.25) is 14.9 Å². The molecule has 0 saturated carbocycles. The molecule has 0 spiro atoms. The van der Waals surface area contributed by atoms with E-state index in [9.17, 15) is 14.9 Å². The standard InChI is InChI=1S/C20H16IN3O6/c1-3-6-29-19-15(21)7-12(8-17(19)28-2)11-22-23-20(25)18-10-13-9-14(24(26)27)4-5-16(13)30-18/h3-5,7-11H,1,6H2,2H3,(H,23,25)/b22-11+. The molecule has 0 aliphatic heterocycles. The summed E-state index contributed by atoms with van der Waals surface area (Å²) in [5.74, 6) is 0.520. The Bertz CT molecular complexity index is 1150. The number of nitro groups is 1. The lowest BCUT2D eigenvalue weighted by molar-refractivity contribution is -0.384. The molecule has 1 N–H and O–H groups in total. The molecule has 0 saturated heterocycles. The number of hydrazone groups is 1. The SMILES string of the molecule is C=CCOc1c(I)cc(/C=N/NC(=O)c2cc3cc([N+](=O)[O-])ccc3o2)cc1OC. The van der Waals surface area contributed by atoms with Crippen molar-refractivity contribution in [1.29, 1.82) is 0 Å². The quantitative estimate of drug-likeness (QED) is 0.156. The Morgan fingerprint density at radius 2 is 2.17 bits per heavy atom. The molecule has 10 heteroatoms. The van der Waals surface area contributed by atoms with Crippen LogP contribution in [0.5, 0.6) is 11.5 Å². The van der Waals surface area contributed by atoms with E-state index < -0.39 is 10.8 Å². The van der Waals surface area contributed by atoms with Crippen molar-refractivity contribution in [2.45, 2.75) is 0 Å². The van der Waals surface area contributed by atoms with Gasteiger partial charge in [0.2, 0.25) is 0 Å². The lowest BCUT2D eigenvalue weighted by Crippen LogP contribution is -2.16. The molecule has 0 aliphatic carbocycles. The van der Waals surface area contributed by atoms with Crippen LogP contribution in [0.25, 0.3) is 11.0 Å². The molecule has 154 valence electrons. The number of methoxy groups -OCH3 is 1. The van der Waals surface area contributed by atoms with Crippen LogP contribution in [0.3, 0.4) is 0 Å². The van der Waals surface area contributed by atoms with Crippen molar-refractivity contribution in [1.82, 2.24) is 5.43 Å². The minimum absolute atomic E-state index is 0.0111. The number of ether oxygens (including phenoxy) is 2. The number of hydrogen-bond donors (Lipinski definition) is 1. The molecule has 0 atom stereocenters. The topological polar surface area (TPSA) is 116 Å². The molecule has 0 unspecified atom stereocenters. The minimum atomic E-state index is -0.585. The van der Waals surface area contributed by atoms with Gasteiger partial charge in [0.15, 0.2) is 17.3 Å². The predicted octanol–water partition coefficient (Wildman–Crippen LogP) is 4.28. The highest BCUT2D eigenvalue weighted by Gasteiger charge is 2.15. The fourth-order valence-corrected chi connectivity index (χ4v) is 3.35. The van der Waals surface area contributed by atoms with Crippen molar-refractivity contribution in [2.24, 2.45) is 5.10 Å². The second-order valence-electron chi connectivity index (χ2n) is 5.92. The Morgan fingerprint density at radius 1 is 1.37 bits per heavy atom. The first-order valence-corrected chi connectivity index (χ1v) is 9.63. The van der Waals surface area contributed by atoms with Gasteiger partial charge in [-0.15, -0.1) is 0 Å². The number of furan rings is 1. The van der Waals surface area contributed by atoms with Gasteiger partial charge in [0.05, 0.1) is 21.8 Å². The summed E-state index contributed by atoms with van der Waals surface area (Å²) < 4.78 is 17.2.